The van der Waals surface area contributed by atoms with Crippen LogP contribution in [-0.4, -0.2) is 43.5 Å². The number of carbonyl (C=O) groups excluding carboxylic acids is 2. The number of amides is 1. The molecule has 0 radical (unpaired) electrons. The first-order valence-corrected chi connectivity index (χ1v) is 6.69. The Bertz CT molecular complexity index is 417. The number of ether oxygens (including phenoxy) is 1. The second-order valence-corrected chi connectivity index (χ2v) is 4.60. The van der Waals surface area contributed by atoms with Crippen LogP contribution in [0.3, 0.4) is 0 Å². The smallest absolute Gasteiger partial charge is 0.307 e. The van der Waals surface area contributed by atoms with Crippen LogP contribution in [0.25, 0.3) is 0 Å². The molecule has 0 bridgehead atoms. The fourth-order valence-corrected chi connectivity index (χ4v) is 1.74. The second kappa shape index (κ2) is 8.37. The molecule has 1 atom stereocenters. The molecule has 0 saturated heterocycles. The van der Waals surface area contributed by atoms with Gasteiger partial charge in [-0.1, -0.05) is 0 Å². The number of likely N-dealkylation sites (N-methyl/N-ethyl adjacent to an activating group) is 1. The summed E-state index contributed by atoms with van der Waals surface area (Å²) in [6.07, 6.45) is 1.86. The van der Waals surface area contributed by atoms with Crippen LogP contribution in [0, 0.1) is 0 Å². The van der Waals surface area contributed by atoms with Crippen LogP contribution in [0.15, 0.2) is 22.8 Å². The van der Waals surface area contributed by atoms with E-state index in [9.17, 15) is 9.59 Å². The Morgan fingerprint density at radius 1 is 1.50 bits per heavy atom. The maximum Gasteiger partial charge on any atom is 0.307 e. The first kappa shape index (κ1) is 16.2. The lowest BCUT2D eigenvalue weighted by atomic mass is 10.2. The van der Waals surface area contributed by atoms with Crippen molar-refractivity contribution in [3.05, 3.63) is 24.2 Å². The minimum Gasteiger partial charge on any atom is -0.467 e. The average Bonchev–Trinajstić information content (AvgIpc) is 2.90. The highest BCUT2D eigenvalue weighted by atomic mass is 16.5. The Morgan fingerprint density at radius 3 is 2.85 bits per heavy atom. The average molecular weight is 282 g/mol. The second-order valence-electron chi connectivity index (χ2n) is 4.60. The Balaban J connectivity index is 2.26. The van der Waals surface area contributed by atoms with Gasteiger partial charge >= 0.3 is 5.97 Å². The van der Waals surface area contributed by atoms with Crippen LogP contribution < -0.4 is 5.32 Å². The summed E-state index contributed by atoms with van der Waals surface area (Å²) in [6.45, 7) is 4.72. The van der Waals surface area contributed by atoms with E-state index >= 15 is 0 Å². The molecule has 1 heterocycles. The molecular formula is C14H22N2O4. The zero-order chi connectivity index (χ0) is 15.0. The number of nitrogens with zero attached hydrogens (tertiary/aromatic N) is 1. The van der Waals surface area contributed by atoms with Gasteiger partial charge in [0.05, 0.1) is 31.9 Å². The van der Waals surface area contributed by atoms with Crippen molar-refractivity contribution in [3.8, 4) is 0 Å². The Morgan fingerprint density at radius 2 is 2.25 bits per heavy atom. The topological polar surface area (TPSA) is 71.8 Å². The number of esters is 1. The van der Waals surface area contributed by atoms with E-state index in [1.54, 1.807) is 31.2 Å². The molecule has 0 aliphatic carbocycles. The van der Waals surface area contributed by atoms with Gasteiger partial charge in [-0.25, -0.2) is 0 Å². The number of carbonyl (C=O) groups is 2. The van der Waals surface area contributed by atoms with Crippen molar-refractivity contribution in [1.29, 1.82) is 0 Å². The van der Waals surface area contributed by atoms with Crippen molar-refractivity contribution in [2.24, 2.45) is 0 Å². The summed E-state index contributed by atoms with van der Waals surface area (Å²) < 4.78 is 10.0. The highest BCUT2D eigenvalue weighted by molar-refractivity contribution is 5.78. The maximum absolute atomic E-state index is 11.8. The van der Waals surface area contributed by atoms with Gasteiger partial charge in [-0.15, -0.1) is 0 Å². The molecule has 0 saturated carbocycles. The molecule has 1 rings (SSSR count). The predicted octanol–water partition coefficient (Wildman–Crippen LogP) is 1.34. The number of hydrogen-bond donors (Lipinski definition) is 1. The lowest BCUT2D eigenvalue weighted by molar-refractivity contribution is -0.143. The minimum absolute atomic E-state index is 0.111. The Labute approximate surface area is 119 Å². The molecule has 0 spiro atoms. The molecule has 1 aromatic heterocycles. The molecule has 6 heteroatoms. The van der Waals surface area contributed by atoms with Crippen LogP contribution in [0.1, 0.15) is 32.1 Å². The number of furan rings is 1. The van der Waals surface area contributed by atoms with Crippen molar-refractivity contribution in [2.45, 2.75) is 26.3 Å². The lowest BCUT2D eigenvalue weighted by Crippen LogP contribution is -2.37. The van der Waals surface area contributed by atoms with E-state index in [1.165, 1.54) is 0 Å². The van der Waals surface area contributed by atoms with E-state index in [-0.39, 0.29) is 30.9 Å². The number of nitrogens with one attached hydrogen (secondary N) is 1. The highest BCUT2D eigenvalue weighted by Crippen LogP contribution is 2.11. The molecule has 20 heavy (non-hydrogen) atoms. The summed E-state index contributed by atoms with van der Waals surface area (Å²) in [7, 11) is 1.79. The van der Waals surface area contributed by atoms with E-state index in [4.69, 9.17) is 9.15 Å². The van der Waals surface area contributed by atoms with Gasteiger partial charge in [-0.2, -0.15) is 0 Å². The van der Waals surface area contributed by atoms with Crippen LogP contribution >= 0.6 is 0 Å². The highest BCUT2D eigenvalue weighted by Gasteiger charge is 2.14. The zero-order valence-electron chi connectivity index (χ0n) is 12.2. The summed E-state index contributed by atoms with van der Waals surface area (Å²) in [5.74, 6) is 0.358. The summed E-state index contributed by atoms with van der Waals surface area (Å²) in [5.41, 5.74) is 0. The molecule has 6 nitrogen and oxygen atoms in total. The molecular weight excluding hydrogens is 260 g/mol. The Hall–Kier alpha value is -1.82. The van der Waals surface area contributed by atoms with Crippen LogP contribution in [-0.2, 0) is 14.3 Å². The fraction of sp³-hybridized carbons (Fsp3) is 0.571. The standard InChI is InChI=1S/C14H22N2O4/c1-4-19-14(18)7-8-16(3)10-13(17)15-11(2)12-6-5-9-20-12/h5-6,9,11H,4,7-8,10H2,1-3H3,(H,15,17). The van der Waals surface area contributed by atoms with Crippen molar-refractivity contribution in [2.75, 3.05) is 26.7 Å². The quantitative estimate of drug-likeness (QED) is 0.729. The molecule has 0 fully saturated rings. The van der Waals surface area contributed by atoms with Crippen molar-refractivity contribution < 1.29 is 18.7 Å². The molecule has 112 valence electrons. The number of rotatable bonds is 8. The summed E-state index contributed by atoms with van der Waals surface area (Å²) in [6, 6.07) is 3.43. The van der Waals surface area contributed by atoms with E-state index in [0.717, 1.165) is 0 Å². The van der Waals surface area contributed by atoms with Gasteiger partial charge in [0, 0.05) is 6.54 Å². The largest absolute Gasteiger partial charge is 0.467 e. The van der Waals surface area contributed by atoms with Crippen LogP contribution in [0.4, 0.5) is 0 Å². The Kier molecular flexibility index (Phi) is 6.79. The van der Waals surface area contributed by atoms with E-state index in [2.05, 4.69) is 5.32 Å². The van der Waals surface area contributed by atoms with Crippen molar-refractivity contribution >= 4 is 11.9 Å². The SMILES string of the molecule is CCOC(=O)CCN(C)CC(=O)NC(C)c1ccco1. The van der Waals surface area contributed by atoms with Gasteiger partial charge in [-0.3, -0.25) is 14.5 Å². The van der Waals surface area contributed by atoms with Crippen molar-refractivity contribution in [3.63, 3.8) is 0 Å². The molecule has 1 unspecified atom stereocenters. The van der Waals surface area contributed by atoms with Gasteiger partial charge in [-0.05, 0) is 33.0 Å². The molecule has 1 N–H and O–H groups in total. The van der Waals surface area contributed by atoms with E-state index in [1.807, 2.05) is 13.0 Å². The van der Waals surface area contributed by atoms with Crippen LogP contribution in [0.5, 0.6) is 0 Å². The van der Waals surface area contributed by atoms with Gasteiger partial charge in [0.2, 0.25) is 5.91 Å². The predicted molar refractivity (Wildman–Crippen MR) is 74.0 cm³/mol. The normalized spacial score (nSPS) is 12.2. The summed E-state index contributed by atoms with van der Waals surface area (Å²) in [5, 5.41) is 2.84. The maximum atomic E-state index is 11.8. The fourth-order valence-electron chi connectivity index (χ4n) is 1.74. The molecule has 0 aromatic carbocycles. The van der Waals surface area contributed by atoms with E-state index in [0.29, 0.717) is 18.9 Å². The van der Waals surface area contributed by atoms with Gasteiger partial charge < -0.3 is 14.5 Å². The van der Waals surface area contributed by atoms with Gasteiger partial charge in [0.25, 0.3) is 0 Å². The third-order valence-electron chi connectivity index (χ3n) is 2.76. The van der Waals surface area contributed by atoms with Gasteiger partial charge in [0.15, 0.2) is 0 Å². The monoisotopic (exact) mass is 282 g/mol. The zero-order valence-corrected chi connectivity index (χ0v) is 12.2. The molecule has 1 aromatic rings. The minimum atomic E-state index is -0.247. The lowest BCUT2D eigenvalue weighted by Gasteiger charge is -2.17. The number of hydrogen-bond acceptors (Lipinski definition) is 5. The first-order valence-electron chi connectivity index (χ1n) is 6.69. The van der Waals surface area contributed by atoms with Crippen LogP contribution in [0.2, 0.25) is 0 Å². The third kappa shape index (κ3) is 5.88. The first-order chi connectivity index (χ1) is 9.52. The summed E-state index contributed by atoms with van der Waals surface area (Å²) >= 11 is 0. The molecule has 0 aliphatic rings. The molecule has 0 aliphatic heterocycles. The molecule has 1 amide bonds. The third-order valence-corrected chi connectivity index (χ3v) is 2.76. The van der Waals surface area contributed by atoms with E-state index < -0.39 is 0 Å². The van der Waals surface area contributed by atoms with Gasteiger partial charge in [0.1, 0.15) is 5.76 Å². The summed E-state index contributed by atoms with van der Waals surface area (Å²) in [4.78, 5) is 24.8. The van der Waals surface area contributed by atoms with Crippen molar-refractivity contribution in [1.82, 2.24) is 10.2 Å².